The minimum absolute atomic E-state index is 0.0494. The Bertz CT molecular complexity index is 672. The highest BCUT2D eigenvalue weighted by atomic mass is 16.3. The van der Waals surface area contributed by atoms with Crippen molar-refractivity contribution in [3.63, 3.8) is 0 Å². The molecule has 0 aliphatic heterocycles. The lowest BCUT2D eigenvalue weighted by atomic mass is 9.84. The van der Waals surface area contributed by atoms with Gasteiger partial charge in [-0.3, -0.25) is 4.90 Å². The molecule has 2 N–H and O–H groups in total. The number of phenolic OH excluding ortho intramolecular Hbond substituents is 2. The summed E-state index contributed by atoms with van der Waals surface area (Å²) in [6.07, 6.45) is 0.887. The summed E-state index contributed by atoms with van der Waals surface area (Å²) in [5.74, 6) is 0.538. The Morgan fingerprint density at radius 1 is 0.840 bits per heavy atom. The van der Waals surface area contributed by atoms with Gasteiger partial charge in [-0.25, -0.2) is 0 Å². The van der Waals surface area contributed by atoms with Crippen molar-refractivity contribution in [3.8, 4) is 11.5 Å². The lowest BCUT2D eigenvalue weighted by Crippen LogP contribution is -2.38. The quantitative estimate of drug-likeness (QED) is 0.693. The molecule has 0 spiro atoms. The molecule has 0 aromatic heterocycles. The summed E-state index contributed by atoms with van der Waals surface area (Å²) in [6, 6.07) is 14.3. The largest absolute Gasteiger partial charge is 0.508 e. The van der Waals surface area contributed by atoms with E-state index in [0.717, 1.165) is 24.1 Å². The number of aromatic hydroxyl groups is 2. The van der Waals surface area contributed by atoms with E-state index in [1.54, 1.807) is 12.1 Å². The van der Waals surface area contributed by atoms with Crippen molar-refractivity contribution < 1.29 is 10.2 Å². The van der Waals surface area contributed by atoms with Crippen LogP contribution in [-0.4, -0.2) is 33.7 Å². The summed E-state index contributed by atoms with van der Waals surface area (Å²) < 4.78 is 0. The molecule has 0 aliphatic rings. The van der Waals surface area contributed by atoms with Crippen molar-refractivity contribution in [3.05, 3.63) is 59.2 Å². The predicted octanol–water partition coefficient (Wildman–Crippen LogP) is 5.05. The first-order valence-corrected chi connectivity index (χ1v) is 9.15. The van der Waals surface area contributed by atoms with E-state index in [0.29, 0.717) is 12.1 Å². The van der Waals surface area contributed by atoms with Crippen LogP contribution in [0, 0.1) is 6.92 Å². The number of phenols is 2. The molecular weight excluding hydrogens is 310 g/mol. The maximum absolute atomic E-state index is 10.5. The molecule has 0 amide bonds. The lowest BCUT2D eigenvalue weighted by Gasteiger charge is -2.32. The predicted molar refractivity (Wildman–Crippen MR) is 104 cm³/mol. The summed E-state index contributed by atoms with van der Waals surface area (Å²) >= 11 is 0. The Labute approximate surface area is 151 Å². The molecule has 2 rings (SSSR count). The molecular formula is C22H31NO2. The topological polar surface area (TPSA) is 43.7 Å². The molecule has 2 aromatic rings. The van der Waals surface area contributed by atoms with Crippen molar-refractivity contribution >= 4 is 0 Å². The van der Waals surface area contributed by atoms with E-state index in [-0.39, 0.29) is 17.4 Å². The van der Waals surface area contributed by atoms with Crippen LogP contribution in [0.3, 0.4) is 0 Å². The molecule has 1 atom stereocenters. The van der Waals surface area contributed by atoms with Crippen molar-refractivity contribution in [2.75, 3.05) is 6.54 Å². The summed E-state index contributed by atoms with van der Waals surface area (Å²) in [4.78, 5) is 2.46. The Morgan fingerprint density at radius 2 is 1.40 bits per heavy atom. The highest BCUT2D eigenvalue weighted by Crippen LogP contribution is 2.39. The Morgan fingerprint density at radius 3 is 1.96 bits per heavy atom. The minimum Gasteiger partial charge on any atom is -0.508 e. The third-order valence-corrected chi connectivity index (χ3v) is 5.02. The second-order valence-corrected chi connectivity index (χ2v) is 7.32. The standard InChI is InChI=1S/C22H31NO2/c1-15(2)23(16(3)4)14-13-19(18-9-7-6-8-10-18)22-17(5)20(24)11-12-21(22)25/h6-12,15-16,19,24-25H,13-14H2,1-5H3/t19-/m1/s1. The number of hydrogen-bond donors (Lipinski definition) is 2. The summed E-state index contributed by atoms with van der Waals surface area (Å²) in [5, 5.41) is 20.7. The fraction of sp³-hybridized carbons (Fsp3) is 0.455. The average Bonchev–Trinajstić information content (AvgIpc) is 2.57. The Kier molecular flexibility index (Phi) is 6.49. The molecule has 0 fully saturated rings. The molecule has 136 valence electrons. The van der Waals surface area contributed by atoms with E-state index in [1.165, 1.54) is 5.56 Å². The first-order valence-electron chi connectivity index (χ1n) is 9.15. The second kappa shape index (κ2) is 8.39. The van der Waals surface area contributed by atoms with Gasteiger partial charge in [0.05, 0.1) is 0 Å². The molecule has 0 saturated carbocycles. The van der Waals surface area contributed by atoms with E-state index < -0.39 is 0 Å². The van der Waals surface area contributed by atoms with Gasteiger partial charge in [-0.1, -0.05) is 30.3 Å². The SMILES string of the molecule is Cc1c(O)ccc(O)c1[C@H](CCN(C(C)C)C(C)C)c1ccccc1. The third kappa shape index (κ3) is 4.55. The average molecular weight is 341 g/mol. The molecule has 3 heteroatoms. The third-order valence-electron chi connectivity index (χ3n) is 5.02. The summed E-state index contributed by atoms with van der Waals surface area (Å²) in [7, 11) is 0. The van der Waals surface area contributed by atoms with E-state index in [2.05, 4.69) is 44.7 Å². The van der Waals surface area contributed by atoms with E-state index in [9.17, 15) is 10.2 Å². The monoisotopic (exact) mass is 341 g/mol. The summed E-state index contributed by atoms with van der Waals surface area (Å²) in [6.45, 7) is 11.7. The van der Waals surface area contributed by atoms with Gasteiger partial charge in [-0.05, 0) is 70.8 Å². The van der Waals surface area contributed by atoms with Crippen LogP contribution >= 0.6 is 0 Å². The minimum atomic E-state index is 0.0494. The van der Waals surface area contributed by atoms with Crippen LogP contribution in [0.15, 0.2) is 42.5 Å². The first-order chi connectivity index (χ1) is 11.8. The maximum Gasteiger partial charge on any atom is 0.119 e. The van der Waals surface area contributed by atoms with Crippen molar-refractivity contribution in [1.82, 2.24) is 4.90 Å². The Balaban J connectivity index is 2.41. The number of rotatable bonds is 7. The number of benzene rings is 2. The fourth-order valence-electron chi connectivity index (χ4n) is 3.70. The van der Waals surface area contributed by atoms with E-state index in [1.807, 2.05) is 25.1 Å². The van der Waals surface area contributed by atoms with Crippen LogP contribution in [0.2, 0.25) is 0 Å². The van der Waals surface area contributed by atoms with E-state index >= 15 is 0 Å². The van der Waals surface area contributed by atoms with Crippen molar-refractivity contribution in [2.45, 2.75) is 59.0 Å². The zero-order valence-electron chi connectivity index (χ0n) is 16.0. The Hall–Kier alpha value is -2.00. The van der Waals surface area contributed by atoms with Crippen LogP contribution in [0.5, 0.6) is 11.5 Å². The number of hydrogen-bond acceptors (Lipinski definition) is 3. The van der Waals surface area contributed by atoms with Gasteiger partial charge in [-0.2, -0.15) is 0 Å². The van der Waals surface area contributed by atoms with Crippen LogP contribution in [-0.2, 0) is 0 Å². The van der Waals surface area contributed by atoms with Gasteiger partial charge in [0.1, 0.15) is 11.5 Å². The second-order valence-electron chi connectivity index (χ2n) is 7.32. The maximum atomic E-state index is 10.5. The molecule has 0 saturated heterocycles. The molecule has 0 aliphatic carbocycles. The van der Waals surface area contributed by atoms with Crippen LogP contribution < -0.4 is 0 Å². The molecule has 2 aromatic carbocycles. The van der Waals surface area contributed by atoms with Gasteiger partial charge in [0, 0.05) is 23.6 Å². The normalized spacial score (nSPS) is 13.0. The van der Waals surface area contributed by atoms with Gasteiger partial charge < -0.3 is 10.2 Å². The van der Waals surface area contributed by atoms with Gasteiger partial charge in [-0.15, -0.1) is 0 Å². The highest BCUT2D eigenvalue weighted by Gasteiger charge is 2.23. The first kappa shape index (κ1) is 19.3. The van der Waals surface area contributed by atoms with Crippen molar-refractivity contribution in [1.29, 1.82) is 0 Å². The van der Waals surface area contributed by atoms with Gasteiger partial charge in [0.25, 0.3) is 0 Å². The smallest absolute Gasteiger partial charge is 0.119 e. The van der Waals surface area contributed by atoms with Gasteiger partial charge in [0.15, 0.2) is 0 Å². The highest BCUT2D eigenvalue weighted by molar-refractivity contribution is 5.51. The number of nitrogens with zero attached hydrogens (tertiary/aromatic N) is 1. The molecule has 0 unspecified atom stereocenters. The lowest BCUT2D eigenvalue weighted by molar-refractivity contribution is 0.170. The van der Waals surface area contributed by atoms with Gasteiger partial charge >= 0.3 is 0 Å². The summed E-state index contributed by atoms with van der Waals surface area (Å²) in [5.41, 5.74) is 2.76. The van der Waals surface area contributed by atoms with Crippen LogP contribution in [0.25, 0.3) is 0 Å². The van der Waals surface area contributed by atoms with Gasteiger partial charge in [0.2, 0.25) is 0 Å². The molecule has 3 nitrogen and oxygen atoms in total. The van der Waals surface area contributed by atoms with Crippen LogP contribution in [0.4, 0.5) is 0 Å². The van der Waals surface area contributed by atoms with E-state index in [4.69, 9.17) is 0 Å². The molecule has 0 radical (unpaired) electrons. The molecule has 25 heavy (non-hydrogen) atoms. The molecule has 0 bridgehead atoms. The molecule has 0 heterocycles. The zero-order valence-corrected chi connectivity index (χ0v) is 16.0. The van der Waals surface area contributed by atoms with Crippen molar-refractivity contribution in [2.24, 2.45) is 0 Å². The fourth-order valence-corrected chi connectivity index (χ4v) is 3.70. The van der Waals surface area contributed by atoms with Crippen LogP contribution in [0.1, 0.15) is 56.7 Å². The zero-order chi connectivity index (χ0) is 18.6.